The molecule has 1 aliphatic heterocycles. The quantitative estimate of drug-likeness (QED) is 0.432. The summed E-state index contributed by atoms with van der Waals surface area (Å²) in [6.07, 6.45) is 1.13. The van der Waals surface area contributed by atoms with Crippen molar-refractivity contribution in [1.29, 1.82) is 0 Å². The van der Waals surface area contributed by atoms with Gasteiger partial charge in [-0.05, 0) is 68.5 Å². The Morgan fingerprint density at radius 1 is 1.22 bits per heavy atom. The lowest BCUT2D eigenvalue weighted by Gasteiger charge is -2.36. The van der Waals surface area contributed by atoms with Crippen LogP contribution in [0.3, 0.4) is 0 Å². The number of nitrogen functional groups attached to an aromatic ring is 1. The standard InChI is InChI=1S/C25H36N4O3/c1-17-14-22(18(2)19(3)25(17)26)32-16-23(30)27-20-10-12-29(13-11-20)15-24(31)28(4)21-8-6-5-7-9-21/h5-9,14,20,24,31H,10-13,15-16,26H2,1-4H3,(H,27,30). The number of ether oxygens (including phenoxy) is 1. The van der Waals surface area contributed by atoms with Crippen LogP contribution in [0.1, 0.15) is 29.5 Å². The van der Waals surface area contributed by atoms with E-state index in [0.29, 0.717) is 12.3 Å². The number of hydrogen-bond acceptors (Lipinski definition) is 6. The van der Waals surface area contributed by atoms with E-state index in [4.69, 9.17) is 10.5 Å². The molecule has 32 heavy (non-hydrogen) atoms. The number of nitrogens with zero attached hydrogens (tertiary/aromatic N) is 2. The molecule has 4 N–H and O–H groups in total. The number of piperidine rings is 1. The van der Waals surface area contributed by atoms with Crippen molar-refractivity contribution in [3.8, 4) is 5.75 Å². The summed E-state index contributed by atoms with van der Waals surface area (Å²) in [5, 5.41) is 13.7. The molecule has 0 aromatic heterocycles. The fourth-order valence-corrected chi connectivity index (χ4v) is 4.08. The van der Waals surface area contributed by atoms with E-state index in [-0.39, 0.29) is 18.6 Å². The first-order chi connectivity index (χ1) is 15.3. The molecule has 0 spiro atoms. The van der Waals surface area contributed by atoms with E-state index in [1.165, 1.54) is 0 Å². The lowest BCUT2D eigenvalue weighted by atomic mass is 10.0. The highest BCUT2D eigenvalue weighted by Gasteiger charge is 2.24. The molecule has 1 saturated heterocycles. The SMILES string of the molecule is Cc1cc(OCC(=O)NC2CCN(CC(O)N(C)c3ccccc3)CC2)c(C)c(C)c1N. The average molecular weight is 441 g/mol. The number of carbonyl (C=O) groups is 1. The van der Waals surface area contributed by atoms with Crippen LogP contribution in [-0.2, 0) is 4.79 Å². The topological polar surface area (TPSA) is 91.1 Å². The van der Waals surface area contributed by atoms with Crippen molar-refractivity contribution < 1.29 is 14.6 Å². The monoisotopic (exact) mass is 440 g/mol. The van der Waals surface area contributed by atoms with E-state index in [9.17, 15) is 9.90 Å². The van der Waals surface area contributed by atoms with E-state index < -0.39 is 6.23 Å². The van der Waals surface area contributed by atoms with Crippen molar-refractivity contribution in [2.75, 3.05) is 43.9 Å². The number of aliphatic hydroxyl groups excluding tert-OH is 1. The van der Waals surface area contributed by atoms with E-state index in [0.717, 1.165) is 54.0 Å². The molecule has 2 aromatic carbocycles. The molecule has 0 bridgehead atoms. The Kier molecular flexibility index (Phi) is 7.99. The predicted molar refractivity (Wildman–Crippen MR) is 129 cm³/mol. The predicted octanol–water partition coefficient (Wildman–Crippen LogP) is 2.61. The summed E-state index contributed by atoms with van der Waals surface area (Å²) in [6.45, 7) is 8.10. The van der Waals surface area contributed by atoms with Gasteiger partial charge < -0.3 is 25.8 Å². The molecule has 7 heteroatoms. The van der Waals surface area contributed by atoms with Gasteiger partial charge in [0.2, 0.25) is 0 Å². The number of benzene rings is 2. The van der Waals surface area contributed by atoms with Crippen LogP contribution >= 0.6 is 0 Å². The van der Waals surface area contributed by atoms with Crippen molar-refractivity contribution >= 4 is 17.3 Å². The van der Waals surface area contributed by atoms with Gasteiger partial charge >= 0.3 is 0 Å². The largest absolute Gasteiger partial charge is 0.483 e. The number of aliphatic hydroxyl groups is 1. The highest BCUT2D eigenvalue weighted by atomic mass is 16.5. The number of anilines is 2. The van der Waals surface area contributed by atoms with Crippen molar-refractivity contribution in [2.24, 2.45) is 0 Å². The number of nitrogens with two attached hydrogens (primary N) is 1. The number of aryl methyl sites for hydroxylation is 1. The van der Waals surface area contributed by atoms with Crippen LogP contribution < -0.4 is 20.7 Å². The van der Waals surface area contributed by atoms with Crippen molar-refractivity contribution in [1.82, 2.24) is 10.2 Å². The van der Waals surface area contributed by atoms with Gasteiger partial charge in [-0.1, -0.05) is 18.2 Å². The molecular weight excluding hydrogens is 404 g/mol. The Hall–Kier alpha value is -2.77. The second-order valence-electron chi connectivity index (χ2n) is 8.71. The summed E-state index contributed by atoms with van der Waals surface area (Å²) < 4.78 is 5.78. The van der Waals surface area contributed by atoms with Gasteiger partial charge in [0.05, 0.1) is 0 Å². The number of nitrogens with one attached hydrogen (secondary N) is 1. The zero-order valence-corrected chi connectivity index (χ0v) is 19.6. The van der Waals surface area contributed by atoms with Crippen molar-refractivity contribution in [3.05, 3.63) is 53.1 Å². The first kappa shape index (κ1) is 23.9. The summed E-state index contributed by atoms with van der Waals surface area (Å²) >= 11 is 0. The summed E-state index contributed by atoms with van der Waals surface area (Å²) in [6, 6.07) is 11.9. The molecule has 0 saturated carbocycles. The minimum Gasteiger partial charge on any atom is -0.483 e. The molecule has 1 heterocycles. The zero-order valence-electron chi connectivity index (χ0n) is 19.6. The van der Waals surface area contributed by atoms with Crippen molar-refractivity contribution in [2.45, 2.75) is 45.9 Å². The molecule has 3 rings (SSSR count). The molecule has 0 radical (unpaired) electrons. The normalized spacial score (nSPS) is 15.9. The Bertz CT molecular complexity index is 911. The number of hydrogen-bond donors (Lipinski definition) is 3. The smallest absolute Gasteiger partial charge is 0.258 e. The van der Waals surface area contributed by atoms with Crippen LogP contribution in [0.5, 0.6) is 5.75 Å². The van der Waals surface area contributed by atoms with Gasteiger partial charge in [-0.3, -0.25) is 9.69 Å². The maximum absolute atomic E-state index is 12.4. The number of likely N-dealkylation sites (tertiary alicyclic amines) is 1. The Labute approximate surface area is 191 Å². The van der Waals surface area contributed by atoms with E-state index in [1.807, 2.05) is 69.1 Å². The molecule has 1 unspecified atom stereocenters. The van der Waals surface area contributed by atoms with Crippen molar-refractivity contribution in [3.63, 3.8) is 0 Å². The molecule has 1 amide bonds. The highest BCUT2D eigenvalue weighted by Crippen LogP contribution is 2.29. The maximum atomic E-state index is 12.4. The molecule has 0 aliphatic carbocycles. The van der Waals surface area contributed by atoms with Crippen LogP contribution in [0.4, 0.5) is 11.4 Å². The first-order valence-electron chi connectivity index (χ1n) is 11.2. The summed E-state index contributed by atoms with van der Waals surface area (Å²) in [5.41, 5.74) is 10.7. The van der Waals surface area contributed by atoms with Crippen LogP contribution in [0.25, 0.3) is 0 Å². The molecule has 2 aromatic rings. The van der Waals surface area contributed by atoms with Crippen LogP contribution in [0.15, 0.2) is 36.4 Å². The second-order valence-corrected chi connectivity index (χ2v) is 8.71. The maximum Gasteiger partial charge on any atom is 0.258 e. The number of rotatable bonds is 8. The van der Waals surface area contributed by atoms with E-state index >= 15 is 0 Å². The molecular formula is C25H36N4O3. The minimum atomic E-state index is -0.577. The zero-order chi connectivity index (χ0) is 23.3. The van der Waals surface area contributed by atoms with Gasteiger partial charge in [-0.15, -0.1) is 0 Å². The van der Waals surface area contributed by atoms with Crippen LogP contribution in [-0.4, -0.2) is 61.5 Å². The average Bonchev–Trinajstić information content (AvgIpc) is 2.80. The lowest BCUT2D eigenvalue weighted by Crippen LogP contribution is -2.49. The first-order valence-corrected chi connectivity index (χ1v) is 11.2. The third-order valence-corrected chi connectivity index (χ3v) is 6.45. The highest BCUT2D eigenvalue weighted by molar-refractivity contribution is 5.78. The Balaban J connectivity index is 1.41. The van der Waals surface area contributed by atoms with Crippen LogP contribution in [0, 0.1) is 20.8 Å². The summed E-state index contributed by atoms with van der Waals surface area (Å²) in [4.78, 5) is 16.5. The van der Waals surface area contributed by atoms with Gasteiger partial charge in [-0.2, -0.15) is 0 Å². The van der Waals surface area contributed by atoms with E-state index in [2.05, 4.69) is 10.2 Å². The molecule has 1 fully saturated rings. The number of amides is 1. The fraction of sp³-hybridized carbons (Fsp3) is 0.480. The second kappa shape index (κ2) is 10.7. The number of carbonyl (C=O) groups excluding carboxylic acids is 1. The summed E-state index contributed by atoms with van der Waals surface area (Å²) in [7, 11) is 1.90. The van der Waals surface area contributed by atoms with Gasteiger partial charge in [0, 0.05) is 44.1 Å². The van der Waals surface area contributed by atoms with Gasteiger partial charge in [0.25, 0.3) is 5.91 Å². The van der Waals surface area contributed by atoms with Gasteiger partial charge in [0.15, 0.2) is 6.61 Å². The Morgan fingerprint density at radius 3 is 2.53 bits per heavy atom. The van der Waals surface area contributed by atoms with E-state index in [1.54, 1.807) is 0 Å². The lowest BCUT2D eigenvalue weighted by molar-refractivity contribution is -0.124. The molecule has 1 atom stereocenters. The van der Waals surface area contributed by atoms with Gasteiger partial charge in [0.1, 0.15) is 12.0 Å². The minimum absolute atomic E-state index is 0.00949. The molecule has 7 nitrogen and oxygen atoms in total. The fourth-order valence-electron chi connectivity index (χ4n) is 4.08. The van der Waals surface area contributed by atoms with Gasteiger partial charge in [-0.25, -0.2) is 0 Å². The van der Waals surface area contributed by atoms with Crippen LogP contribution in [0.2, 0.25) is 0 Å². The summed E-state index contributed by atoms with van der Waals surface area (Å²) in [5.74, 6) is 0.592. The number of para-hydroxylation sites is 1. The molecule has 1 aliphatic rings. The molecule has 174 valence electrons. The Morgan fingerprint density at radius 2 is 1.88 bits per heavy atom. The number of β-amino-alcohol motifs (C(OH)–C–C–N with tert-alkyl or cyclic N) is 1. The number of likely N-dealkylation sites (N-methyl/N-ethyl adjacent to an activating group) is 1. The third-order valence-electron chi connectivity index (χ3n) is 6.45. The third kappa shape index (κ3) is 5.93.